The molecule has 0 radical (unpaired) electrons. The van der Waals surface area contributed by atoms with Gasteiger partial charge in [0.05, 0.1) is 0 Å². The number of nitrogens with two attached hydrogens (primary N) is 1. The van der Waals surface area contributed by atoms with Crippen LogP contribution in [-0.2, 0) is 0 Å². The Morgan fingerprint density at radius 1 is 1.73 bits per heavy atom. The molecule has 1 aliphatic heterocycles. The second kappa shape index (κ2) is 4.80. The van der Waals surface area contributed by atoms with Gasteiger partial charge in [-0.2, -0.15) is 11.8 Å². The summed E-state index contributed by atoms with van der Waals surface area (Å²) in [6.45, 7) is 6.67. The molecule has 0 bridgehead atoms. The number of hydrogen-bond acceptors (Lipinski definition) is 3. The Morgan fingerprint density at radius 3 is 3.18 bits per heavy atom. The first-order chi connectivity index (χ1) is 5.38. The van der Waals surface area contributed by atoms with Gasteiger partial charge in [-0.15, -0.1) is 6.58 Å². The molecule has 0 spiro atoms. The van der Waals surface area contributed by atoms with Crippen LogP contribution in [0.25, 0.3) is 0 Å². The van der Waals surface area contributed by atoms with Crippen molar-refractivity contribution >= 4 is 11.8 Å². The van der Waals surface area contributed by atoms with Crippen molar-refractivity contribution in [1.29, 1.82) is 0 Å². The molecule has 11 heavy (non-hydrogen) atoms. The van der Waals surface area contributed by atoms with Gasteiger partial charge in [0.25, 0.3) is 0 Å². The van der Waals surface area contributed by atoms with Gasteiger partial charge >= 0.3 is 0 Å². The largest absolute Gasteiger partial charge is 0.329 e. The summed E-state index contributed by atoms with van der Waals surface area (Å²) < 4.78 is 0. The van der Waals surface area contributed by atoms with Crippen molar-refractivity contribution < 1.29 is 0 Å². The summed E-state index contributed by atoms with van der Waals surface area (Å²) in [4.78, 5) is 2.41. The van der Waals surface area contributed by atoms with E-state index in [1.807, 2.05) is 17.8 Å². The molecule has 0 aromatic heterocycles. The van der Waals surface area contributed by atoms with Crippen molar-refractivity contribution in [2.45, 2.75) is 6.04 Å². The van der Waals surface area contributed by atoms with Crippen molar-refractivity contribution in [2.24, 2.45) is 5.73 Å². The predicted molar refractivity (Wildman–Crippen MR) is 51.9 cm³/mol. The van der Waals surface area contributed by atoms with E-state index >= 15 is 0 Å². The molecule has 2 N–H and O–H groups in total. The summed E-state index contributed by atoms with van der Waals surface area (Å²) in [5.74, 6) is 2.43. The van der Waals surface area contributed by atoms with Gasteiger partial charge in [-0.3, -0.25) is 4.90 Å². The molecule has 1 fully saturated rings. The maximum absolute atomic E-state index is 5.63. The van der Waals surface area contributed by atoms with Crippen LogP contribution in [-0.4, -0.2) is 42.1 Å². The zero-order valence-electron chi connectivity index (χ0n) is 6.83. The Balaban J connectivity index is 2.37. The lowest BCUT2D eigenvalue weighted by molar-refractivity contribution is 0.248. The lowest BCUT2D eigenvalue weighted by Gasteiger charge is -2.33. The molecule has 1 unspecified atom stereocenters. The highest BCUT2D eigenvalue weighted by molar-refractivity contribution is 7.99. The van der Waals surface area contributed by atoms with Crippen molar-refractivity contribution in [2.75, 3.05) is 31.1 Å². The fourth-order valence-corrected chi connectivity index (χ4v) is 2.46. The fourth-order valence-electron chi connectivity index (χ4n) is 1.31. The zero-order valence-corrected chi connectivity index (χ0v) is 7.65. The zero-order chi connectivity index (χ0) is 8.10. The average molecular weight is 172 g/mol. The molecule has 0 aromatic rings. The van der Waals surface area contributed by atoms with Crippen LogP contribution in [0.3, 0.4) is 0 Å². The monoisotopic (exact) mass is 172 g/mol. The smallest absolute Gasteiger partial charge is 0.0312 e. The molecule has 3 heteroatoms. The minimum absolute atomic E-state index is 0.576. The van der Waals surface area contributed by atoms with E-state index in [0.29, 0.717) is 6.04 Å². The SMILES string of the molecule is C=CCN1CCSCC1CN. The Morgan fingerprint density at radius 2 is 2.55 bits per heavy atom. The molecule has 1 heterocycles. The highest BCUT2D eigenvalue weighted by Gasteiger charge is 2.19. The van der Waals surface area contributed by atoms with E-state index in [-0.39, 0.29) is 0 Å². The molecular weight excluding hydrogens is 156 g/mol. The van der Waals surface area contributed by atoms with Crippen LogP contribution in [0.5, 0.6) is 0 Å². The van der Waals surface area contributed by atoms with E-state index in [1.165, 1.54) is 18.1 Å². The normalized spacial score (nSPS) is 26.8. The molecule has 64 valence electrons. The Labute approximate surface area is 72.8 Å². The molecule has 1 saturated heterocycles. The molecule has 1 atom stereocenters. The van der Waals surface area contributed by atoms with Crippen LogP contribution in [0.2, 0.25) is 0 Å². The lowest BCUT2D eigenvalue weighted by Crippen LogP contribution is -2.46. The van der Waals surface area contributed by atoms with Crippen LogP contribution in [0.1, 0.15) is 0 Å². The highest BCUT2D eigenvalue weighted by Crippen LogP contribution is 2.14. The summed E-state index contributed by atoms with van der Waals surface area (Å²) in [5, 5.41) is 0. The summed E-state index contributed by atoms with van der Waals surface area (Å²) >= 11 is 2.00. The summed E-state index contributed by atoms with van der Waals surface area (Å²) in [7, 11) is 0. The van der Waals surface area contributed by atoms with Gasteiger partial charge < -0.3 is 5.73 Å². The van der Waals surface area contributed by atoms with Gasteiger partial charge in [0.1, 0.15) is 0 Å². The average Bonchev–Trinajstić information content (AvgIpc) is 2.06. The molecular formula is C8H16N2S. The number of nitrogens with zero attached hydrogens (tertiary/aromatic N) is 1. The van der Waals surface area contributed by atoms with Gasteiger partial charge in [-0.25, -0.2) is 0 Å². The first-order valence-corrected chi connectivity index (χ1v) is 5.16. The van der Waals surface area contributed by atoms with E-state index in [2.05, 4.69) is 11.5 Å². The molecule has 1 rings (SSSR count). The van der Waals surface area contributed by atoms with Gasteiger partial charge in [0, 0.05) is 37.2 Å². The quantitative estimate of drug-likeness (QED) is 0.630. The van der Waals surface area contributed by atoms with E-state index in [0.717, 1.165) is 13.1 Å². The van der Waals surface area contributed by atoms with E-state index in [1.54, 1.807) is 0 Å². The Hall–Kier alpha value is 0.01000. The van der Waals surface area contributed by atoms with Gasteiger partial charge in [-0.05, 0) is 0 Å². The first-order valence-electron chi connectivity index (χ1n) is 4.01. The minimum atomic E-state index is 0.576. The molecule has 2 nitrogen and oxygen atoms in total. The molecule has 0 aliphatic carbocycles. The second-order valence-electron chi connectivity index (χ2n) is 2.75. The van der Waals surface area contributed by atoms with E-state index < -0.39 is 0 Å². The van der Waals surface area contributed by atoms with Crippen LogP contribution in [0, 0.1) is 0 Å². The fraction of sp³-hybridized carbons (Fsp3) is 0.750. The van der Waals surface area contributed by atoms with Crippen LogP contribution >= 0.6 is 11.8 Å². The molecule has 0 aromatic carbocycles. The third-order valence-corrected chi connectivity index (χ3v) is 3.08. The summed E-state index contributed by atoms with van der Waals surface area (Å²) in [6, 6.07) is 0.576. The lowest BCUT2D eigenvalue weighted by atomic mass is 10.2. The van der Waals surface area contributed by atoms with Crippen molar-refractivity contribution in [3.05, 3.63) is 12.7 Å². The minimum Gasteiger partial charge on any atom is -0.329 e. The highest BCUT2D eigenvalue weighted by atomic mass is 32.2. The Bertz CT molecular complexity index is 127. The topological polar surface area (TPSA) is 29.3 Å². The van der Waals surface area contributed by atoms with Gasteiger partial charge in [-0.1, -0.05) is 6.08 Å². The first kappa shape index (κ1) is 9.10. The summed E-state index contributed by atoms with van der Waals surface area (Å²) in [6.07, 6.45) is 1.96. The van der Waals surface area contributed by atoms with Crippen molar-refractivity contribution in [3.63, 3.8) is 0 Å². The van der Waals surface area contributed by atoms with Crippen LogP contribution in [0.4, 0.5) is 0 Å². The second-order valence-corrected chi connectivity index (χ2v) is 3.90. The van der Waals surface area contributed by atoms with Crippen molar-refractivity contribution in [1.82, 2.24) is 4.90 Å². The predicted octanol–water partition coefficient (Wildman–Crippen LogP) is 0.549. The number of hydrogen-bond donors (Lipinski definition) is 1. The maximum Gasteiger partial charge on any atom is 0.0312 e. The third kappa shape index (κ3) is 2.51. The third-order valence-electron chi connectivity index (χ3n) is 1.99. The Kier molecular flexibility index (Phi) is 3.97. The summed E-state index contributed by atoms with van der Waals surface area (Å²) in [5.41, 5.74) is 5.63. The van der Waals surface area contributed by atoms with Crippen LogP contribution in [0.15, 0.2) is 12.7 Å². The molecule has 1 aliphatic rings. The van der Waals surface area contributed by atoms with Crippen LogP contribution < -0.4 is 5.73 Å². The van der Waals surface area contributed by atoms with Crippen molar-refractivity contribution in [3.8, 4) is 0 Å². The number of thioether (sulfide) groups is 1. The maximum atomic E-state index is 5.63. The molecule has 0 saturated carbocycles. The van der Waals surface area contributed by atoms with E-state index in [4.69, 9.17) is 5.73 Å². The molecule has 0 amide bonds. The van der Waals surface area contributed by atoms with Gasteiger partial charge in [0.15, 0.2) is 0 Å². The van der Waals surface area contributed by atoms with Gasteiger partial charge in [0.2, 0.25) is 0 Å². The standard InChI is InChI=1S/C8H16N2S/c1-2-3-10-4-5-11-7-8(10)6-9/h2,8H,1,3-7,9H2. The number of rotatable bonds is 3. The van der Waals surface area contributed by atoms with E-state index in [9.17, 15) is 0 Å².